The van der Waals surface area contributed by atoms with Gasteiger partial charge in [0.25, 0.3) is 0 Å². The lowest BCUT2D eigenvalue weighted by atomic mass is 9.97. The monoisotopic (exact) mass is 814 g/mol. The van der Waals surface area contributed by atoms with Gasteiger partial charge in [0, 0.05) is 11.9 Å². The second-order valence-electron chi connectivity index (χ2n) is 14.5. The number of aliphatic hydroxyl groups is 1. The summed E-state index contributed by atoms with van der Waals surface area (Å²) in [6.45, 7) is 5.31. The Labute approximate surface area is 340 Å². The van der Waals surface area contributed by atoms with Gasteiger partial charge in [-0.05, 0) is 48.5 Å². The highest BCUT2D eigenvalue weighted by Crippen LogP contribution is 2.40. The summed E-state index contributed by atoms with van der Waals surface area (Å²) in [5.41, 5.74) is 0.930. The molecule has 0 radical (unpaired) electrons. The Hall–Kier alpha value is -5.09. The quantitative estimate of drug-likeness (QED) is 0.118. The van der Waals surface area contributed by atoms with Gasteiger partial charge in [-0.25, -0.2) is 19.2 Å². The maximum atomic E-state index is 13.7. The third-order valence-electron chi connectivity index (χ3n) is 9.18. The zero-order valence-corrected chi connectivity index (χ0v) is 33.2. The molecule has 0 unspecified atom stereocenters. The van der Waals surface area contributed by atoms with Crippen molar-refractivity contribution in [2.45, 2.75) is 80.0 Å². The largest absolute Gasteiger partial charge is 0.459 e. The second kappa shape index (κ2) is 19.6. The van der Waals surface area contributed by atoms with E-state index < -0.39 is 78.3 Å². The standard InChI is InChI=1S/C44H46O13S/c1-44(2,3)58-37-33(45)31(25-51-38(46)27-17-9-5-10-18-27)53-43(37)52-26-32-34(55-39(47)28-19-11-6-12-20-28)35(56-40(48)29-21-13-7-14-22-29)36(42(50-4)54-32)57-41(49)30-23-15-8-16-24-30/h5-24,31-37,42-43,45H,25-26H2,1-4H3/t31-,32-,33+,34-,35+,36+,37-,42+,43-/m1/s1. The number of benzene rings is 4. The topological polar surface area (TPSA) is 162 Å². The van der Waals surface area contributed by atoms with Crippen LogP contribution in [-0.2, 0) is 37.9 Å². The number of methoxy groups -OCH3 is 1. The van der Waals surface area contributed by atoms with Crippen molar-refractivity contribution in [3.63, 3.8) is 0 Å². The first-order valence-electron chi connectivity index (χ1n) is 18.7. The van der Waals surface area contributed by atoms with Crippen LogP contribution in [0.4, 0.5) is 0 Å². The van der Waals surface area contributed by atoms with Gasteiger partial charge in [0.15, 0.2) is 30.9 Å². The van der Waals surface area contributed by atoms with Gasteiger partial charge in [-0.2, -0.15) is 0 Å². The van der Waals surface area contributed by atoms with Crippen molar-refractivity contribution in [3.8, 4) is 0 Å². The third kappa shape index (κ3) is 10.9. The maximum Gasteiger partial charge on any atom is 0.338 e. The summed E-state index contributed by atoms with van der Waals surface area (Å²) in [5.74, 6) is -2.92. The lowest BCUT2D eigenvalue weighted by Gasteiger charge is -2.44. The highest BCUT2D eigenvalue weighted by Gasteiger charge is 2.54. The fraction of sp³-hybridized carbons (Fsp3) is 0.364. The number of hydrogen-bond acceptors (Lipinski definition) is 14. The van der Waals surface area contributed by atoms with E-state index in [1.165, 1.54) is 18.9 Å². The summed E-state index contributed by atoms with van der Waals surface area (Å²) in [7, 11) is 1.33. The van der Waals surface area contributed by atoms with E-state index in [4.69, 9.17) is 37.9 Å². The lowest BCUT2D eigenvalue weighted by molar-refractivity contribution is -0.300. The first-order chi connectivity index (χ1) is 27.9. The molecule has 0 saturated carbocycles. The Bertz CT molecular complexity index is 1960. The van der Waals surface area contributed by atoms with E-state index >= 15 is 0 Å². The van der Waals surface area contributed by atoms with Crippen LogP contribution in [0, 0.1) is 0 Å². The van der Waals surface area contributed by atoms with Crippen molar-refractivity contribution in [1.29, 1.82) is 0 Å². The van der Waals surface area contributed by atoms with Crippen LogP contribution in [0.25, 0.3) is 0 Å². The molecule has 2 aliphatic rings. The molecule has 6 rings (SSSR count). The molecule has 0 aromatic heterocycles. The van der Waals surface area contributed by atoms with Crippen molar-refractivity contribution >= 4 is 35.6 Å². The number of esters is 4. The summed E-state index contributed by atoms with van der Waals surface area (Å²) in [4.78, 5) is 53.7. The Kier molecular flexibility index (Phi) is 14.3. The minimum absolute atomic E-state index is 0.187. The van der Waals surface area contributed by atoms with Crippen molar-refractivity contribution < 1.29 is 62.2 Å². The van der Waals surface area contributed by atoms with Gasteiger partial charge < -0.3 is 43.0 Å². The van der Waals surface area contributed by atoms with E-state index in [1.807, 2.05) is 20.8 Å². The molecule has 0 amide bonds. The van der Waals surface area contributed by atoms with E-state index in [0.717, 1.165) is 0 Å². The molecule has 58 heavy (non-hydrogen) atoms. The Morgan fingerprint density at radius 3 is 1.43 bits per heavy atom. The second-order valence-corrected chi connectivity index (χ2v) is 16.5. The van der Waals surface area contributed by atoms with Crippen molar-refractivity contribution in [2.24, 2.45) is 0 Å². The van der Waals surface area contributed by atoms with Crippen LogP contribution in [0.5, 0.6) is 0 Å². The van der Waals surface area contributed by atoms with Gasteiger partial charge in [0.2, 0.25) is 0 Å². The average Bonchev–Trinajstić information content (AvgIpc) is 3.53. The predicted molar refractivity (Wildman–Crippen MR) is 211 cm³/mol. The zero-order chi connectivity index (χ0) is 41.2. The lowest BCUT2D eigenvalue weighted by Crippen LogP contribution is -2.63. The molecular weight excluding hydrogens is 769 g/mol. The molecule has 13 nitrogen and oxygen atoms in total. The number of hydrogen-bond donors (Lipinski definition) is 1. The van der Waals surface area contributed by atoms with E-state index in [1.54, 1.807) is 121 Å². The predicted octanol–water partition coefficient (Wildman–Crippen LogP) is 5.89. The summed E-state index contributed by atoms with van der Waals surface area (Å²) in [5, 5.41) is 10.8. The minimum Gasteiger partial charge on any atom is -0.459 e. The molecule has 1 N–H and O–H groups in total. The van der Waals surface area contributed by atoms with Crippen molar-refractivity contribution in [2.75, 3.05) is 20.3 Å². The molecule has 2 heterocycles. The third-order valence-corrected chi connectivity index (χ3v) is 10.7. The van der Waals surface area contributed by atoms with Crippen LogP contribution in [0.3, 0.4) is 0 Å². The summed E-state index contributed by atoms with van der Waals surface area (Å²) >= 11 is 1.41. The van der Waals surface area contributed by atoms with Crippen LogP contribution < -0.4 is 0 Å². The number of rotatable bonds is 14. The van der Waals surface area contributed by atoms with E-state index in [9.17, 15) is 24.3 Å². The fourth-order valence-electron chi connectivity index (χ4n) is 6.41. The molecular formula is C44H46O13S. The van der Waals surface area contributed by atoms with Crippen LogP contribution in [0.15, 0.2) is 121 Å². The molecule has 0 aliphatic carbocycles. The SMILES string of the molecule is CO[C@H]1O[C@H](CO[C@@H]2O[C@H](COC(=O)c3ccccc3)[C@H](O)[C@H]2SC(C)(C)C)[C@@H](OC(=O)c2ccccc2)[C@H](OC(=O)c2ccccc2)[C@@H]1OC(=O)c1ccccc1. The Balaban J connectivity index is 1.30. The zero-order valence-electron chi connectivity index (χ0n) is 32.4. The first kappa shape index (κ1) is 42.5. The van der Waals surface area contributed by atoms with Crippen molar-refractivity contribution in [3.05, 3.63) is 144 Å². The van der Waals surface area contributed by atoms with Gasteiger partial charge in [0.1, 0.15) is 24.9 Å². The fourth-order valence-corrected chi connectivity index (χ4v) is 7.80. The number of ether oxygens (including phenoxy) is 8. The number of thioether (sulfide) groups is 1. The Morgan fingerprint density at radius 1 is 0.569 bits per heavy atom. The average molecular weight is 815 g/mol. The molecule has 4 aromatic carbocycles. The molecule has 0 spiro atoms. The van der Waals surface area contributed by atoms with Crippen molar-refractivity contribution in [1.82, 2.24) is 0 Å². The minimum atomic E-state index is -1.49. The van der Waals surface area contributed by atoms with Gasteiger partial charge in [-0.3, -0.25) is 0 Å². The molecule has 306 valence electrons. The van der Waals surface area contributed by atoms with Crippen LogP contribution in [-0.4, -0.2) is 109 Å². The molecule has 4 aromatic rings. The number of aliphatic hydroxyl groups excluding tert-OH is 1. The normalized spacial score (nSPS) is 25.6. The van der Waals surface area contributed by atoms with Crippen LogP contribution in [0.2, 0.25) is 0 Å². The van der Waals surface area contributed by atoms with Crippen LogP contribution >= 0.6 is 11.8 Å². The smallest absolute Gasteiger partial charge is 0.338 e. The molecule has 14 heteroatoms. The van der Waals surface area contributed by atoms with Gasteiger partial charge in [-0.1, -0.05) is 93.6 Å². The summed E-state index contributed by atoms with van der Waals surface area (Å²) in [6.07, 6.45) is -10.1. The molecule has 0 bridgehead atoms. The van der Waals surface area contributed by atoms with Gasteiger partial charge in [0.05, 0.1) is 34.1 Å². The number of carbonyl (C=O) groups excluding carboxylic acids is 4. The number of carbonyl (C=O) groups is 4. The maximum absolute atomic E-state index is 13.7. The molecule has 2 aliphatic heterocycles. The van der Waals surface area contributed by atoms with E-state index in [-0.39, 0.29) is 34.7 Å². The van der Waals surface area contributed by atoms with Gasteiger partial charge in [-0.15, -0.1) is 11.8 Å². The van der Waals surface area contributed by atoms with E-state index in [2.05, 4.69) is 0 Å². The molecule has 2 fully saturated rings. The molecule has 9 atom stereocenters. The van der Waals surface area contributed by atoms with Gasteiger partial charge >= 0.3 is 23.9 Å². The molecule has 2 saturated heterocycles. The summed E-state index contributed by atoms with van der Waals surface area (Å²) in [6, 6.07) is 33.0. The van der Waals surface area contributed by atoms with E-state index in [0.29, 0.717) is 5.56 Å². The first-order valence-corrected chi connectivity index (χ1v) is 19.6. The van der Waals surface area contributed by atoms with Crippen LogP contribution in [0.1, 0.15) is 62.2 Å². The highest BCUT2D eigenvalue weighted by atomic mass is 32.2. The highest BCUT2D eigenvalue weighted by molar-refractivity contribution is 8.01. The summed E-state index contributed by atoms with van der Waals surface area (Å²) < 4.78 is 47.9. The Morgan fingerprint density at radius 2 is 0.983 bits per heavy atom.